The Balaban J connectivity index is 2.44. The molecular weight excluding hydrogens is 219 g/mol. The fourth-order valence-electron chi connectivity index (χ4n) is 1.50. The fourth-order valence-corrected chi connectivity index (χ4v) is 1.50. The van der Waals surface area contributed by atoms with Gasteiger partial charge in [-0.1, -0.05) is 13.8 Å². The number of anilines is 1. The van der Waals surface area contributed by atoms with Crippen LogP contribution in [0.3, 0.4) is 0 Å². The zero-order valence-corrected chi connectivity index (χ0v) is 10.3. The van der Waals surface area contributed by atoms with Crippen LogP contribution in [0.5, 0.6) is 0 Å². The van der Waals surface area contributed by atoms with Gasteiger partial charge < -0.3 is 11.1 Å². The second-order valence-electron chi connectivity index (χ2n) is 4.53. The number of nitrogens with one attached hydrogen (secondary N) is 1. The molecule has 0 aromatic heterocycles. The van der Waals surface area contributed by atoms with Crippen molar-refractivity contribution >= 4 is 11.6 Å². The first-order valence-electron chi connectivity index (χ1n) is 5.84. The van der Waals surface area contributed by atoms with Gasteiger partial charge in [-0.3, -0.25) is 4.79 Å². The summed E-state index contributed by atoms with van der Waals surface area (Å²) < 4.78 is 12.9. The van der Waals surface area contributed by atoms with E-state index >= 15 is 0 Å². The largest absolute Gasteiger partial charge is 0.396 e. The summed E-state index contributed by atoms with van der Waals surface area (Å²) in [6.07, 6.45) is 2.02. The van der Waals surface area contributed by atoms with Gasteiger partial charge in [0.1, 0.15) is 5.82 Å². The van der Waals surface area contributed by atoms with Crippen molar-refractivity contribution in [3.8, 4) is 0 Å². The van der Waals surface area contributed by atoms with Crippen molar-refractivity contribution in [2.45, 2.75) is 26.7 Å². The maximum absolute atomic E-state index is 12.9. The molecule has 0 aliphatic carbocycles. The maximum atomic E-state index is 12.9. The molecule has 0 saturated heterocycles. The van der Waals surface area contributed by atoms with E-state index in [0.717, 1.165) is 12.8 Å². The number of amides is 1. The maximum Gasteiger partial charge on any atom is 0.251 e. The number of hydrogen-bond acceptors (Lipinski definition) is 2. The lowest BCUT2D eigenvalue weighted by molar-refractivity contribution is 0.0952. The van der Waals surface area contributed by atoms with Gasteiger partial charge in [0.15, 0.2) is 0 Å². The number of benzene rings is 1. The van der Waals surface area contributed by atoms with Crippen LogP contribution >= 0.6 is 0 Å². The van der Waals surface area contributed by atoms with Gasteiger partial charge in [-0.25, -0.2) is 4.39 Å². The lowest BCUT2D eigenvalue weighted by atomic mass is 10.1. The quantitative estimate of drug-likeness (QED) is 0.612. The average Bonchev–Trinajstić information content (AvgIpc) is 2.27. The molecule has 0 atom stereocenters. The molecule has 0 saturated carbocycles. The first-order chi connectivity index (χ1) is 8.00. The fraction of sp³-hybridized carbons (Fsp3) is 0.462. The molecule has 1 aromatic rings. The third kappa shape index (κ3) is 4.43. The van der Waals surface area contributed by atoms with Gasteiger partial charge in [0.25, 0.3) is 5.91 Å². The number of nitrogen functional groups attached to an aromatic ring is 1. The topological polar surface area (TPSA) is 55.1 Å². The van der Waals surface area contributed by atoms with Gasteiger partial charge >= 0.3 is 0 Å². The molecule has 0 bridgehead atoms. The molecule has 0 heterocycles. The Morgan fingerprint density at radius 1 is 1.47 bits per heavy atom. The summed E-state index contributed by atoms with van der Waals surface area (Å²) in [7, 11) is 0. The van der Waals surface area contributed by atoms with E-state index < -0.39 is 5.82 Å². The van der Waals surface area contributed by atoms with E-state index in [-0.39, 0.29) is 11.6 Å². The van der Waals surface area contributed by atoms with Crippen LogP contribution in [0.25, 0.3) is 0 Å². The second-order valence-corrected chi connectivity index (χ2v) is 4.53. The minimum Gasteiger partial charge on any atom is -0.396 e. The number of nitrogens with two attached hydrogens (primary N) is 1. The van der Waals surface area contributed by atoms with Gasteiger partial charge in [-0.05, 0) is 37.0 Å². The molecule has 0 aliphatic rings. The van der Waals surface area contributed by atoms with E-state index in [1.54, 1.807) is 0 Å². The highest BCUT2D eigenvalue weighted by molar-refractivity contribution is 5.94. The van der Waals surface area contributed by atoms with Crippen LogP contribution in [0.1, 0.15) is 37.0 Å². The predicted molar refractivity (Wildman–Crippen MR) is 67.2 cm³/mol. The molecular formula is C13H19FN2O. The lowest BCUT2D eigenvalue weighted by Crippen LogP contribution is -2.24. The predicted octanol–water partition coefficient (Wildman–Crippen LogP) is 2.57. The van der Waals surface area contributed by atoms with E-state index in [1.165, 1.54) is 18.2 Å². The van der Waals surface area contributed by atoms with E-state index in [9.17, 15) is 9.18 Å². The van der Waals surface area contributed by atoms with Crippen LogP contribution in [0.4, 0.5) is 10.1 Å². The van der Waals surface area contributed by atoms with Crippen molar-refractivity contribution < 1.29 is 9.18 Å². The molecule has 1 aromatic carbocycles. The van der Waals surface area contributed by atoms with Crippen molar-refractivity contribution in [3.05, 3.63) is 29.6 Å². The van der Waals surface area contributed by atoms with Crippen LogP contribution in [0.15, 0.2) is 18.2 Å². The van der Waals surface area contributed by atoms with E-state index in [4.69, 9.17) is 5.73 Å². The summed E-state index contributed by atoms with van der Waals surface area (Å²) in [4.78, 5) is 11.7. The third-order valence-corrected chi connectivity index (χ3v) is 2.50. The molecule has 3 nitrogen and oxygen atoms in total. The summed E-state index contributed by atoms with van der Waals surface area (Å²) >= 11 is 0. The SMILES string of the molecule is CC(C)CCCNC(=O)c1ccc(F)c(N)c1. The van der Waals surface area contributed by atoms with Crippen LogP contribution in [0.2, 0.25) is 0 Å². The van der Waals surface area contributed by atoms with Crippen molar-refractivity contribution in [3.63, 3.8) is 0 Å². The van der Waals surface area contributed by atoms with Crippen LogP contribution < -0.4 is 11.1 Å². The summed E-state index contributed by atoms with van der Waals surface area (Å²) in [6, 6.07) is 3.99. The molecule has 1 rings (SSSR count). The van der Waals surface area contributed by atoms with E-state index in [0.29, 0.717) is 18.0 Å². The second kappa shape index (κ2) is 6.23. The van der Waals surface area contributed by atoms with Crippen LogP contribution in [-0.2, 0) is 0 Å². The zero-order chi connectivity index (χ0) is 12.8. The molecule has 0 radical (unpaired) electrons. The van der Waals surface area contributed by atoms with Crippen molar-refractivity contribution in [1.29, 1.82) is 0 Å². The molecule has 1 amide bonds. The van der Waals surface area contributed by atoms with Gasteiger partial charge in [0, 0.05) is 12.1 Å². The van der Waals surface area contributed by atoms with Crippen molar-refractivity contribution in [2.75, 3.05) is 12.3 Å². The minimum atomic E-state index is -0.499. The minimum absolute atomic E-state index is 0.000157. The smallest absolute Gasteiger partial charge is 0.251 e. The van der Waals surface area contributed by atoms with Gasteiger partial charge in [0.2, 0.25) is 0 Å². The Morgan fingerprint density at radius 2 is 2.18 bits per heavy atom. The highest BCUT2D eigenvalue weighted by atomic mass is 19.1. The first-order valence-corrected chi connectivity index (χ1v) is 5.84. The standard InChI is InChI=1S/C13H19FN2O/c1-9(2)4-3-7-16-13(17)10-5-6-11(14)12(15)8-10/h5-6,8-9H,3-4,7,15H2,1-2H3,(H,16,17). The monoisotopic (exact) mass is 238 g/mol. The average molecular weight is 238 g/mol. The molecule has 0 spiro atoms. The van der Waals surface area contributed by atoms with Crippen LogP contribution in [-0.4, -0.2) is 12.5 Å². The Kier molecular flexibility index (Phi) is 4.94. The molecule has 17 heavy (non-hydrogen) atoms. The Bertz CT molecular complexity index is 391. The molecule has 0 unspecified atom stereocenters. The van der Waals surface area contributed by atoms with Gasteiger partial charge in [-0.15, -0.1) is 0 Å². The van der Waals surface area contributed by atoms with Crippen molar-refractivity contribution in [1.82, 2.24) is 5.32 Å². The number of rotatable bonds is 5. The summed E-state index contributed by atoms with van der Waals surface area (Å²) in [5.74, 6) is -0.0739. The molecule has 3 N–H and O–H groups in total. The summed E-state index contributed by atoms with van der Waals surface area (Å²) in [5.41, 5.74) is 5.79. The number of carbonyl (C=O) groups excluding carboxylic acids is 1. The van der Waals surface area contributed by atoms with Crippen molar-refractivity contribution in [2.24, 2.45) is 5.92 Å². The number of carbonyl (C=O) groups is 1. The summed E-state index contributed by atoms with van der Waals surface area (Å²) in [6.45, 7) is 4.92. The van der Waals surface area contributed by atoms with Gasteiger partial charge in [-0.2, -0.15) is 0 Å². The Labute approximate surface area is 101 Å². The van der Waals surface area contributed by atoms with Gasteiger partial charge in [0.05, 0.1) is 5.69 Å². The highest BCUT2D eigenvalue weighted by Crippen LogP contribution is 2.12. The number of halogens is 1. The third-order valence-electron chi connectivity index (χ3n) is 2.50. The van der Waals surface area contributed by atoms with E-state index in [1.807, 2.05) is 0 Å². The zero-order valence-electron chi connectivity index (χ0n) is 10.3. The Hall–Kier alpha value is -1.58. The van der Waals surface area contributed by atoms with E-state index in [2.05, 4.69) is 19.2 Å². The molecule has 0 fully saturated rings. The molecule has 94 valence electrons. The molecule has 0 aliphatic heterocycles. The molecule has 4 heteroatoms. The first kappa shape index (κ1) is 13.5. The Morgan fingerprint density at radius 3 is 2.76 bits per heavy atom. The summed E-state index contributed by atoms with van der Waals surface area (Å²) in [5, 5.41) is 2.78. The van der Waals surface area contributed by atoms with Crippen LogP contribution in [0, 0.1) is 11.7 Å². The lowest BCUT2D eigenvalue weighted by Gasteiger charge is -2.07. The normalized spacial score (nSPS) is 10.6. The number of hydrogen-bond donors (Lipinski definition) is 2. The highest BCUT2D eigenvalue weighted by Gasteiger charge is 2.07.